The number of carbonyl (C=O) groups excluding carboxylic acids is 2. The molecule has 0 bridgehead atoms. The largest absolute Gasteiger partial charge is 0.338 e. The van der Waals surface area contributed by atoms with E-state index in [1.165, 1.54) is 0 Å². The van der Waals surface area contributed by atoms with Crippen LogP contribution in [0.3, 0.4) is 0 Å². The summed E-state index contributed by atoms with van der Waals surface area (Å²) in [6.45, 7) is 8.87. The van der Waals surface area contributed by atoms with Crippen LogP contribution in [0.5, 0.6) is 0 Å². The third-order valence-electron chi connectivity index (χ3n) is 5.73. The van der Waals surface area contributed by atoms with Crippen molar-refractivity contribution in [3.63, 3.8) is 0 Å². The van der Waals surface area contributed by atoms with Gasteiger partial charge in [0.2, 0.25) is 5.91 Å². The van der Waals surface area contributed by atoms with Crippen LogP contribution in [0.2, 0.25) is 0 Å². The number of hydrogen-bond acceptors (Lipinski definition) is 6. The van der Waals surface area contributed by atoms with E-state index < -0.39 is 0 Å². The average molecular weight is 474 g/mol. The molecule has 3 amide bonds. The number of aryl methyl sites for hydroxylation is 1. The van der Waals surface area contributed by atoms with Crippen LogP contribution in [0, 0.1) is 18.3 Å². The highest BCUT2D eigenvalue weighted by molar-refractivity contribution is 5.93. The molecular formula is C26H31N7O2. The first-order valence-corrected chi connectivity index (χ1v) is 11.8. The van der Waals surface area contributed by atoms with Crippen molar-refractivity contribution in [2.45, 2.75) is 47.0 Å². The summed E-state index contributed by atoms with van der Waals surface area (Å²) in [6.07, 6.45) is 7.69. The minimum absolute atomic E-state index is 0.0108. The van der Waals surface area contributed by atoms with E-state index in [2.05, 4.69) is 56.9 Å². The minimum Gasteiger partial charge on any atom is -0.338 e. The summed E-state index contributed by atoms with van der Waals surface area (Å²) < 4.78 is 0. The number of nitrogens with zero attached hydrogens (tertiary/aromatic N) is 4. The molecule has 1 aliphatic carbocycles. The maximum Gasteiger partial charge on any atom is 0.319 e. The summed E-state index contributed by atoms with van der Waals surface area (Å²) in [5.41, 5.74) is 4.57. The van der Waals surface area contributed by atoms with Crippen LogP contribution in [0.1, 0.15) is 45.7 Å². The lowest BCUT2D eigenvalue weighted by atomic mass is 9.92. The zero-order valence-corrected chi connectivity index (χ0v) is 20.6. The monoisotopic (exact) mass is 473 g/mol. The van der Waals surface area contributed by atoms with Crippen LogP contribution in [0.25, 0.3) is 22.4 Å². The summed E-state index contributed by atoms with van der Waals surface area (Å²) >= 11 is 0. The van der Waals surface area contributed by atoms with Crippen LogP contribution in [0.15, 0.2) is 42.9 Å². The van der Waals surface area contributed by atoms with Crippen molar-refractivity contribution in [2.24, 2.45) is 11.3 Å². The van der Waals surface area contributed by atoms with Crippen molar-refractivity contribution >= 4 is 23.4 Å². The number of pyridine rings is 2. The van der Waals surface area contributed by atoms with E-state index in [1.807, 2.05) is 31.2 Å². The summed E-state index contributed by atoms with van der Waals surface area (Å²) in [5.74, 6) is 0.627. The molecule has 3 heterocycles. The molecule has 0 unspecified atom stereocenters. The maximum absolute atomic E-state index is 12.3. The molecule has 3 N–H and O–H groups in total. The number of amides is 3. The third kappa shape index (κ3) is 6.81. The second-order valence-corrected chi connectivity index (χ2v) is 10.1. The molecule has 182 valence electrons. The molecule has 0 saturated heterocycles. The van der Waals surface area contributed by atoms with Crippen LogP contribution in [0.4, 0.5) is 16.3 Å². The van der Waals surface area contributed by atoms with E-state index in [1.54, 1.807) is 18.6 Å². The van der Waals surface area contributed by atoms with Gasteiger partial charge in [0, 0.05) is 35.5 Å². The van der Waals surface area contributed by atoms with Gasteiger partial charge in [0.1, 0.15) is 5.82 Å². The fourth-order valence-corrected chi connectivity index (χ4v) is 3.50. The topological polar surface area (TPSA) is 122 Å². The Morgan fingerprint density at radius 1 is 1.03 bits per heavy atom. The Bertz CT molecular complexity index is 1230. The molecule has 9 heteroatoms. The van der Waals surface area contributed by atoms with Gasteiger partial charge in [0.05, 0.1) is 23.8 Å². The molecular weight excluding hydrogens is 442 g/mol. The first-order chi connectivity index (χ1) is 16.7. The molecule has 0 radical (unpaired) electrons. The Kier molecular flexibility index (Phi) is 7.04. The van der Waals surface area contributed by atoms with Gasteiger partial charge in [-0.25, -0.2) is 9.78 Å². The van der Waals surface area contributed by atoms with Gasteiger partial charge < -0.3 is 16.0 Å². The van der Waals surface area contributed by atoms with Gasteiger partial charge in [0.15, 0.2) is 0 Å². The number of nitrogens with one attached hydrogen (secondary N) is 3. The van der Waals surface area contributed by atoms with Gasteiger partial charge in [-0.05, 0) is 61.4 Å². The number of rotatable bonds is 7. The van der Waals surface area contributed by atoms with Crippen molar-refractivity contribution in [3.8, 4) is 22.4 Å². The summed E-state index contributed by atoms with van der Waals surface area (Å²) in [5, 5.41) is 17.1. The van der Waals surface area contributed by atoms with Crippen molar-refractivity contribution in [3.05, 3.63) is 48.5 Å². The number of urea groups is 1. The smallest absolute Gasteiger partial charge is 0.319 e. The highest BCUT2D eigenvalue weighted by Gasteiger charge is 2.29. The molecule has 0 aliphatic heterocycles. The lowest BCUT2D eigenvalue weighted by molar-refractivity contribution is -0.117. The summed E-state index contributed by atoms with van der Waals surface area (Å²) in [4.78, 5) is 33.1. The highest BCUT2D eigenvalue weighted by Crippen LogP contribution is 2.31. The Morgan fingerprint density at radius 2 is 1.83 bits per heavy atom. The Morgan fingerprint density at radius 3 is 2.57 bits per heavy atom. The molecule has 0 aromatic carbocycles. The van der Waals surface area contributed by atoms with Crippen LogP contribution >= 0.6 is 0 Å². The predicted molar refractivity (Wildman–Crippen MR) is 136 cm³/mol. The third-order valence-corrected chi connectivity index (χ3v) is 5.73. The Hall–Kier alpha value is -3.88. The first-order valence-electron chi connectivity index (χ1n) is 11.8. The minimum atomic E-state index is -0.275. The quantitative estimate of drug-likeness (QED) is 0.452. The number of anilines is 2. The van der Waals surface area contributed by atoms with Crippen LogP contribution < -0.4 is 16.0 Å². The van der Waals surface area contributed by atoms with Crippen molar-refractivity contribution in [2.75, 3.05) is 17.2 Å². The van der Waals surface area contributed by atoms with Crippen LogP contribution in [-0.4, -0.2) is 38.6 Å². The van der Waals surface area contributed by atoms with Gasteiger partial charge in [0.25, 0.3) is 0 Å². The van der Waals surface area contributed by atoms with Gasteiger partial charge in [-0.2, -0.15) is 10.2 Å². The lowest BCUT2D eigenvalue weighted by Crippen LogP contribution is -2.31. The summed E-state index contributed by atoms with van der Waals surface area (Å²) in [6, 6.07) is 7.16. The standard InChI is InChI=1S/C26H31N7O2/c1-16-21(13-20(15-29-16)31-25(35)28-10-8-26(2,3)4)22-11-19(14-30-33-22)18-7-9-27-23(12-18)32-24(34)17-5-6-17/h7,9,11-15,17H,5-6,8,10H2,1-4H3,(H,27,32,34)(H2,28,31,35). The van der Waals surface area contributed by atoms with E-state index in [0.717, 1.165) is 41.6 Å². The molecule has 3 aromatic heterocycles. The number of carbonyl (C=O) groups is 2. The molecule has 3 aromatic rings. The molecule has 0 atom stereocenters. The molecule has 4 rings (SSSR count). The highest BCUT2D eigenvalue weighted by atomic mass is 16.2. The molecule has 1 fully saturated rings. The molecule has 9 nitrogen and oxygen atoms in total. The zero-order valence-electron chi connectivity index (χ0n) is 20.6. The SMILES string of the molecule is Cc1ncc(NC(=O)NCCC(C)(C)C)cc1-c1cc(-c2ccnc(NC(=O)C3CC3)c2)cnn1. The first kappa shape index (κ1) is 24.3. The van der Waals surface area contributed by atoms with Crippen LogP contribution in [-0.2, 0) is 4.79 Å². The fourth-order valence-electron chi connectivity index (χ4n) is 3.50. The van der Waals surface area contributed by atoms with E-state index >= 15 is 0 Å². The molecule has 35 heavy (non-hydrogen) atoms. The van der Waals surface area contributed by atoms with E-state index in [-0.39, 0.29) is 23.3 Å². The van der Waals surface area contributed by atoms with E-state index in [4.69, 9.17) is 0 Å². The van der Waals surface area contributed by atoms with Crippen molar-refractivity contribution in [1.82, 2.24) is 25.5 Å². The molecule has 0 spiro atoms. The normalized spacial score (nSPS) is 13.3. The zero-order chi connectivity index (χ0) is 25.0. The second-order valence-electron chi connectivity index (χ2n) is 10.1. The van der Waals surface area contributed by atoms with Gasteiger partial charge in [-0.1, -0.05) is 20.8 Å². The maximum atomic E-state index is 12.3. The summed E-state index contributed by atoms with van der Waals surface area (Å²) in [7, 11) is 0. The second kappa shape index (κ2) is 10.2. The lowest BCUT2D eigenvalue weighted by Gasteiger charge is -2.18. The predicted octanol–water partition coefficient (Wildman–Crippen LogP) is 4.82. The van der Waals surface area contributed by atoms with Gasteiger partial charge in [-0.15, -0.1) is 0 Å². The average Bonchev–Trinajstić information content (AvgIpc) is 3.65. The van der Waals surface area contributed by atoms with Gasteiger partial charge in [-0.3, -0.25) is 9.78 Å². The fraction of sp³-hybridized carbons (Fsp3) is 0.385. The molecule has 1 saturated carbocycles. The Balaban J connectivity index is 1.50. The Labute approximate surface area is 205 Å². The number of aromatic nitrogens is 4. The van der Waals surface area contributed by atoms with E-state index in [0.29, 0.717) is 23.7 Å². The van der Waals surface area contributed by atoms with Gasteiger partial charge >= 0.3 is 6.03 Å². The molecule has 1 aliphatic rings. The van der Waals surface area contributed by atoms with Crippen molar-refractivity contribution in [1.29, 1.82) is 0 Å². The number of hydrogen-bond donors (Lipinski definition) is 3. The van der Waals surface area contributed by atoms with E-state index in [9.17, 15) is 9.59 Å². The van der Waals surface area contributed by atoms with Crippen molar-refractivity contribution < 1.29 is 9.59 Å².